The predicted molar refractivity (Wildman–Crippen MR) is 86.0 cm³/mol. The van der Waals surface area contributed by atoms with Crippen LogP contribution in [0.15, 0.2) is 53.4 Å². The van der Waals surface area contributed by atoms with Gasteiger partial charge in [-0.05, 0) is 60.2 Å². The summed E-state index contributed by atoms with van der Waals surface area (Å²) in [5.41, 5.74) is 2.29. The van der Waals surface area contributed by atoms with E-state index in [-0.39, 0.29) is 11.1 Å². The van der Waals surface area contributed by atoms with E-state index in [0.717, 1.165) is 27.8 Å². The van der Waals surface area contributed by atoms with Crippen molar-refractivity contribution in [3.05, 3.63) is 70.4 Å². The molecule has 0 aliphatic carbocycles. The maximum absolute atomic E-state index is 13.0. The van der Waals surface area contributed by atoms with Crippen molar-refractivity contribution in [2.75, 3.05) is 4.90 Å². The van der Waals surface area contributed by atoms with Gasteiger partial charge in [-0.2, -0.15) is 0 Å². The number of anilines is 1. The van der Waals surface area contributed by atoms with Crippen LogP contribution in [-0.4, -0.2) is 11.1 Å². The molecular formula is C17H12FNO2S. The molecule has 22 heavy (non-hydrogen) atoms. The summed E-state index contributed by atoms with van der Waals surface area (Å²) in [7, 11) is 0. The zero-order chi connectivity index (χ0) is 15.7. The minimum Gasteiger partial charge on any atom is -0.268 e. The SMILES string of the molecule is Cc1ccccc1/C=C1\SC(=O)N(c2ccc(F)cc2)C1=O. The van der Waals surface area contributed by atoms with Gasteiger partial charge in [-0.25, -0.2) is 9.29 Å². The first kappa shape index (κ1) is 14.5. The molecule has 110 valence electrons. The highest BCUT2D eigenvalue weighted by Crippen LogP contribution is 2.35. The number of halogens is 1. The first-order chi connectivity index (χ1) is 10.6. The number of aryl methyl sites for hydroxylation is 1. The maximum Gasteiger partial charge on any atom is 0.298 e. The molecule has 1 saturated heterocycles. The number of hydrogen-bond donors (Lipinski definition) is 0. The molecule has 2 aromatic carbocycles. The molecule has 1 aliphatic heterocycles. The molecule has 5 heteroatoms. The number of amides is 2. The molecule has 0 unspecified atom stereocenters. The summed E-state index contributed by atoms with van der Waals surface area (Å²) in [5, 5.41) is -0.378. The zero-order valence-electron chi connectivity index (χ0n) is 11.7. The van der Waals surface area contributed by atoms with E-state index in [1.165, 1.54) is 24.3 Å². The van der Waals surface area contributed by atoms with Crippen molar-refractivity contribution in [2.45, 2.75) is 6.92 Å². The molecular weight excluding hydrogens is 301 g/mol. The summed E-state index contributed by atoms with van der Waals surface area (Å²) in [4.78, 5) is 26.0. The van der Waals surface area contributed by atoms with Gasteiger partial charge < -0.3 is 0 Å². The largest absolute Gasteiger partial charge is 0.298 e. The van der Waals surface area contributed by atoms with Gasteiger partial charge in [0.25, 0.3) is 11.1 Å². The lowest BCUT2D eigenvalue weighted by Gasteiger charge is -2.11. The number of imide groups is 1. The third-order valence-corrected chi connectivity index (χ3v) is 4.22. The molecule has 2 amide bonds. The number of benzene rings is 2. The molecule has 3 rings (SSSR count). The number of thioether (sulfide) groups is 1. The number of nitrogens with zero attached hydrogens (tertiary/aromatic N) is 1. The Labute approximate surface area is 131 Å². The van der Waals surface area contributed by atoms with Crippen LogP contribution in [0.3, 0.4) is 0 Å². The minimum absolute atomic E-state index is 0.364. The fraction of sp³-hybridized carbons (Fsp3) is 0.0588. The van der Waals surface area contributed by atoms with E-state index in [2.05, 4.69) is 0 Å². The summed E-state index contributed by atoms with van der Waals surface area (Å²) < 4.78 is 13.0. The molecule has 1 aliphatic rings. The second kappa shape index (κ2) is 5.77. The first-order valence-electron chi connectivity index (χ1n) is 6.65. The zero-order valence-corrected chi connectivity index (χ0v) is 12.6. The lowest BCUT2D eigenvalue weighted by Crippen LogP contribution is -2.27. The van der Waals surface area contributed by atoms with E-state index in [1.807, 2.05) is 31.2 Å². The van der Waals surface area contributed by atoms with Crippen LogP contribution < -0.4 is 4.90 Å². The van der Waals surface area contributed by atoms with Crippen molar-refractivity contribution in [2.24, 2.45) is 0 Å². The Kier molecular flexibility index (Phi) is 3.81. The van der Waals surface area contributed by atoms with Crippen LogP contribution in [0.1, 0.15) is 11.1 Å². The molecule has 0 spiro atoms. The molecule has 0 N–H and O–H groups in total. The molecule has 1 fully saturated rings. The van der Waals surface area contributed by atoms with E-state index in [1.54, 1.807) is 6.08 Å². The van der Waals surface area contributed by atoms with Crippen molar-refractivity contribution in [1.82, 2.24) is 0 Å². The third kappa shape index (κ3) is 2.67. The topological polar surface area (TPSA) is 37.4 Å². The maximum atomic E-state index is 13.0. The van der Waals surface area contributed by atoms with Crippen LogP contribution in [0.5, 0.6) is 0 Å². The lowest BCUT2D eigenvalue weighted by molar-refractivity contribution is -0.113. The Bertz CT molecular complexity index is 784. The average molecular weight is 313 g/mol. The highest BCUT2D eigenvalue weighted by Gasteiger charge is 2.36. The fourth-order valence-electron chi connectivity index (χ4n) is 2.17. The smallest absolute Gasteiger partial charge is 0.268 e. The third-order valence-electron chi connectivity index (χ3n) is 3.35. The molecule has 1 heterocycles. The van der Waals surface area contributed by atoms with Crippen molar-refractivity contribution < 1.29 is 14.0 Å². The first-order valence-corrected chi connectivity index (χ1v) is 7.47. The Morgan fingerprint density at radius 3 is 2.41 bits per heavy atom. The number of carbonyl (C=O) groups is 2. The number of hydrogen-bond acceptors (Lipinski definition) is 3. The summed E-state index contributed by atoms with van der Waals surface area (Å²) in [6.07, 6.45) is 1.71. The molecule has 0 aromatic heterocycles. The van der Waals surface area contributed by atoms with Gasteiger partial charge in [0, 0.05) is 0 Å². The second-order valence-electron chi connectivity index (χ2n) is 4.85. The quantitative estimate of drug-likeness (QED) is 0.772. The monoisotopic (exact) mass is 313 g/mol. The summed E-state index contributed by atoms with van der Waals surface area (Å²) in [5.74, 6) is -0.795. The molecule has 0 atom stereocenters. The molecule has 3 nitrogen and oxygen atoms in total. The van der Waals surface area contributed by atoms with Crippen LogP contribution in [-0.2, 0) is 4.79 Å². The van der Waals surface area contributed by atoms with E-state index in [0.29, 0.717) is 10.6 Å². The standard InChI is InChI=1S/C17H12FNO2S/c1-11-4-2-3-5-12(11)10-15-16(20)19(17(21)22-15)14-8-6-13(18)7-9-14/h2-10H,1H3/b15-10-. The van der Waals surface area contributed by atoms with Gasteiger partial charge in [-0.15, -0.1) is 0 Å². The molecule has 0 bridgehead atoms. The van der Waals surface area contributed by atoms with Crippen molar-refractivity contribution in [3.8, 4) is 0 Å². The lowest BCUT2D eigenvalue weighted by atomic mass is 10.1. The van der Waals surface area contributed by atoms with Crippen LogP contribution in [0.25, 0.3) is 6.08 Å². The molecule has 2 aromatic rings. The minimum atomic E-state index is -0.411. The van der Waals surface area contributed by atoms with E-state index in [9.17, 15) is 14.0 Å². The van der Waals surface area contributed by atoms with Crippen LogP contribution >= 0.6 is 11.8 Å². The summed E-state index contributed by atoms with van der Waals surface area (Å²) >= 11 is 0.889. The summed E-state index contributed by atoms with van der Waals surface area (Å²) in [6.45, 7) is 1.94. The van der Waals surface area contributed by atoms with Crippen LogP contribution in [0.4, 0.5) is 14.9 Å². The second-order valence-corrected chi connectivity index (χ2v) is 5.84. The predicted octanol–water partition coefficient (Wildman–Crippen LogP) is 4.38. The van der Waals surface area contributed by atoms with E-state index in [4.69, 9.17) is 0 Å². The van der Waals surface area contributed by atoms with Crippen LogP contribution in [0.2, 0.25) is 0 Å². The fourth-order valence-corrected chi connectivity index (χ4v) is 3.00. The van der Waals surface area contributed by atoms with E-state index < -0.39 is 5.82 Å². The normalized spacial score (nSPS) is 16.6. The summed E-state index contributed by atoms with van der Waals surface area (Å²) in [6, 6.07) is 12.9. The van der Waals surface area contributed by atoms with Crippen molar-refractivity contribution in [3.63, 3.8) is 0 Å². The Balaban J connectivity index is 1.95. The highest BCUT2D eigenvalue weighted by atomic mass is 32.2. The Morgan fingerprint density at radius 1 is 1.05 bits per heavy atom. The number of rotatable bonds is 2. The molecule has 0 saturated carbocycles. The van der Waals surface area contributed by atoms with Gasteiger partial charge in [0.15, 0.2) is 0 Å². The van der Waals surface area contributed by atoms with Gasteiger partial charge in [0.1, 0.15) is 5.82 Å². The number of carbonyl (C=O) groups excluding carboxylic acids is 2. The van der Waals surface area contributed by atoms with Gasteiger partial charge in [0.05, 0.1) is 10.6 Å². The molecule has 0 radical (unpaired) electrons. The van der Waals surface area contributed by atoms with Gasteiger partial charge in [0.2, 0.25) is 0 Å². The van der Waals surface area contributed by atoms with Gasteiger partial charge in [-0.1, -0.05) is 24.3 Å². The van der Waals surface area contributed by atoms with Gasteiger partial charge in [-0.3, -0.25) is 9.59 Å². The average Bonchev–Trinajstić information content (AvgIpc) is 2.77. The van der Waals surface area contributed by atoms with Crippen molar-refractivity contribution >= 4 is 34.7 Å². The van der Waals surface area contributed by atoms with Crippen molar-refractivity contribution in [1.29, 1.82) is 0 Å². The highest BCUT2D eigenvalue weighted by molar-refractivity contribution is 8.19. The Hall–Kier alpha value is -2.40. The Morgan fingerprint density at radius 2 is 1.73 bits per heavy atom. The van der Waals surface area contributed by atoms with Gasteiger partial charge >= 0.3 is 0 Å². The van der Waals surface area contributed by atoms with Crippen LogP contribution in [0, 0.1) is 12.7 Å². The van der Waals surface area contributed by atoms with E-state index >= 15 is 0 Å².